The molecule has 90 valence electrons. The van der Waals surface area contributed by atoms with E-state index in [0.29, 0.717) is 12.0 Å². The second-order valence-electron chi connectivity index (χ2n) is 4.48. The molecule has 1 aliphatic heterocycles. The normalized spacial score (nSPS) is 19.9. The second-order valence-corrected chi connectivity index (χ2v) is 5.77. The van der Waals surface area contributed by atoms with Crippen LogP contribution in [-0.2, 0) is 4.74 Å². The molecule has 3 N–H and O–H groups in total. The molecular weight excluding hydrogens is 220 g/mol. The van der Waals surface area contributed by atoms with Crippen molar-refractivity contribution in [3.05, 3.63) is 21.4 Å². The van der Waals surface area contributed by atoms with Gasteiger partial charge in [0, 0.05) is 23.0 Å². The summed E-state index contributed by atoms with van der Waals surface area (Å²) in [4.78, 5) is 2.76. The summed E-state index contributed by atoms with van der Waals surface area (Å²) in [5, 5.41) is 0. The van der Waals surface area contributed by atoms with E-state index in [1.807, 2.05) is 11.3 Å². The molecule has 0 saturated carbocycles. The van der Waals surface area contributed by atoms with E-state index in [1.165, 1.54) is 15.3 Å². The van der Waals surface area contributed by atoms with Gasteiger partial charge in [0.1, 0.15) is 0 Å². The molecule has 1 aromatic rings. The minimum atomic E-state index is 0.293. The fourth-order valence-corrected chi connectivity index (χ4v) is 3.45. The van der Waals surface area contributed by atoms with E-state index in [9.17, 15) is 0 Å². The van der Waals surface area contributed by atoms with Gasteiger partial charge in [-0.3, -0.25) is 11.3 Å². The number of rotatable bonds is 3. The lowest BCUT2D eigenvalue weighted by atomic mass is 9.91. The quantitative estimate of drug-likeness (QED) is 0.629. The molecular formula is C12H20N2OS. The average Bonchev–Trinajstić information content (AvgIpc) is 2.61. The van der Waals surface area contributed by atoms with Gasteiger partial charge in [-0.05, 0) is 44.2 Å². The number of aryl methyl sites for hydroxylation is 2. The van der Waals surface area contributed by atoms with Crippen LogP contribution in [0.1, 0.15) is 34.2 Å². The predicted octanol–water partition coefficient (Wildman–Crippen LogP) is 2.30. The average molecular weight is 240 g/mol. The van der Waals surface area contributed by atoms with Gasteiger partial charge >= 0.3 is 0 Å². The van der Waals surface area contributed by atoms with E-state index >= 15 is 0 Å². The van der Waals surface area contributed by atoms with Crippen molar-refractivity contribution in [1.82, 2.24) is 5.43 Å². The molecule has 0 aromatic carbocycles. The first-order chi connectivity index (χ1) is 7.72. The Morgan fingerprint density at radius 3 is 2.62 bits per heavy atom. The van der Waals surface area contributed by atoms with E-state index in [0.717, 1.165) is 26.1 Å². The molecule has 1 fully saturated rings. The zero-order valence-corrected chi connectivity index (χ0v) is 10.8. The van der Waals surface area contributed by atoms with Gasteiger partial charge in [0.2, 0.25) is 0 Å². The fraction of sp³-hybridized carbons (Fsp3) is 0.667. The van der Waals surface area contributed by atoms with E-state index in [4.69, 9.17) is 10.6 Å². The van der Waals surface area contributed by atoms with Crippen molar-refractivity contribution < 1.29 is 4.74 Å². The van der Waals surface area contributed by atoms with Crippen LogP contribution in [-0.4, -0.2) is 13.2 Å². The first-order valence-corrected chi connectivity index (χ1v) is 6.65. The van der Waals surface area contributed by atoms with Crippen LogP contribution in [0.2, 0.25) is 0 Å². The van der Waals surface area contributed by atoms with E-state index in [1.54, 1.807) is 0 Å². The SMILES string of the molecule is Cc1cc(C(NN)C2CCOCC2)sc1C. The molecule has 3 nitrogen and oxygen atoms in total. The number of hydrogen-bond donors (Lipinski definition) is 2. The minimum Gasteiger partial charge on any atom is -0.381 e. The number of nitrogens with one attached hydrogen (secondary N) is 1. The molecule has 0 spiro atoms. The molecule has 4 heteroatoms. The maximum Gasteiger partial charge on any atom is 0.0583 e. The van der Waals surface area contributed by atoms with Gasteiger partial charge in [-0.1, -0.05) is 0 Å². The highest BCUT2D eigenvalue weighted by molar-refractivity contribution is 7.12. The molecule has 0 bridgehead atoms. The van der Waals surface area contributed by atoms with Crippen molar-refractivity contribution in [1.29, 1.82) is 0 Å². The Labute approximate surface area is 101 Å². The van der Waals surface area contributed by atoms with Crippen molar-refractivity contribution in [3.63, 3.8) is 0 Å². The summed E-state index contributed by atoms with van der Waals surface area (Å²) in [6, 6.07) is 2.56. The lowest BCUT2D eigenvalue weighted by Gasteiger charge is -2.29. The highest BCUT2D eigenvalue weighted by Gasteiger charge is 2.25. The van der Waals surface area contributed by atoms with E-state index < -0.39 is 0 Å². The van der Waals surface area contributed by atoms with Gasteiger partial charge in [0.05, 0.1) is 6.04 Å². The molecule has 0 radical (unpaired) electrons. The number of nitrogens with two attached hydrogens (primary N) is 1. The van der Waals surface area contributed by atoms with Crippen LogP contribution in [0.3, 0.4) is 0 Å². The van der Waals surface area contributed by atoms with Crippen LogP contribution in [0.15, 0.2) is 6.07 Å². The van der Waals surface area contributed by atoms with Crippen molar-refractivity contribution in [2.45, 2.75) is 32.7 Å². The van der Waals surface area contributed by atoms with Crippen molar-refractivity contribution in [2.24, 2.45) is 11.8 Å². The van der Waals surface area contributed by atoms with Gasteiger partial charge in [-0.2, -0.15) is 0 Å². The van der Waals surface area contributed by atoms with Crippen LogP contribution in [0.25, 0.3) is 0 Å². The van der Waals surface area contributed by atoms with Crippen molar-refractivity contribution >= 4 is 11.3 Å². The van der Waals surface area contributed by atoms with E-state index in [2.05, 4.69) is 25.3 Å². The van der Waals surface area contributed by atoms with Gasteiger partial charge in [-0.25, -0.2) is 0 Å². The van der Waals surface area contributed by atoms with Crippen LogP contribution in [0, 0.1) is 19.8 Å². The Kier molecular flexibility index (Phi) is 3.97. The van der Waals surface area contributed by atoms with E-state index in [-0.39, 0.29) is 0 Å². The highest BCUT2D eigenvalue weighted by atomic mass is 32.1. The highest BCUT2D eigenvalue weighted by Crippen LogP contribution is 2.34. The third-order valence-corrected chi connectivity index (χ3v) is 4.64. The third kappa shape index (κ3) is 2.46. The summed E-state index contributed by atoms with van der Waals surface area (Å²) in [7, 11) is 0. The first kappa shape index (κ1) is 12.0. The number of thiophene rings is 1. The number of ether oxygens (including phenoxy) is 1. The largest absolute Gasteiger partial charge is 0.381 e. The molecule has 1 saturated heterocycles. The maximum atomic E-state index is 5.71. The fourth-order valence-electron chi connectivity index (χ4n) is 2.25. The molecule has 1 aliphatic rings. The first-order valence-electron chi connectivity index (χ1n) is 5.83. The minimum absolute atomic E-state index is 0.293. The Bertz CT molecular complexity index is 325. The summed E-state index contributed by atoms with van der Waals surface area (Å²) in [6.07, 6.45) is 2.20. The number of hydrogen-bond acceptors (Lipinski definition) is 4. The molecule has 0 aliphatic carbocycles. The molecule has 1 atom stereocenters. The van der Waals surface area contributed by atoms with Crippen LogP contribution < -0.4 is 11.3 Å². The Balaban J connectivity index is 2.14. The number of hydrazine groups is 1. The summed E-state index contributed by atoms with van der Waals surface area (Å²) in [5.74, 6) is 6.32. The smallest absolute Gasteiger partial charge is 0.0583 e. The zero-order valence-electron chi connectivity index (χ0n) is 9.95. The van der Waals surface area contributed by atoms with Crippen LogP contribution in [0.5, 0.6) is 0 Å². The molecule has 0 amide bonds. The molecule has 1 unspecified atom stereocenters. The molecule has 2 rings (SSSR count). The van der Waals surface area contributed by atoms with Gasteiger partial charge in [0.25, 0.3) is 0 Å². The van der Waals surface area contributed by atoms with Crippen molar-refractivity contribution in [3.8, 4) is 0 Å². The lowest BCUT2D eigenvalue weighted by molar-refractivity contribution is 0.0540. The molecule has 16 heavy (non-hydrogen) atoms. The Hall–Kier alpha value is -0.420. The molecule has 1 aromatic heterocycles. The zero-order chi connectivity index (χ0) is 11.5. The lowest BCUT2D eigenvalue weighted by Crippen LogP contribution is -2.35. The maximum absolute atomic E-state index is 5.71. The van der Waals surface area contributed by atoms with Gasteiger partial charge < -0.3 is 4.74 Å². The Morgan fingerprint density at radius 1 is 1.44 bits per heavy atom. The molecule has 2 heterocycles. The van der Waals surface area contributed by atoms with Crippen LogP contribution in [0.4, 0.5) is 0 Å². The monoisotopic (exact) mass is 240 g/mol. The third-order valence-electron chi connectivity index (χ3n) is 3.41. The second kappa shape index (κ2) is 5.27. The predicted molar refractivity (Wildman–Crippen MR) is 67.4 cm³/mol. The standard InChI is InChI=1S/C12H20N2OS/c1-8-7-11(16-9(8)2)12(14-13)10-3-5-15-6-4-10/h7,10,12,14H,3-6,13H2,1-2H3. The van der Waals surface area contributed by atoms with Crippen molar-refractivity contribution in [2.75, 3.05) is 13.2 Å². The summed E-state index contributed by atoms with van der Waals surface area (Å²) in [6.45, 7) is 6.06. The summed E-state index contributed by atoms with van der Waals surface area (Å²) >= 11 is 1.86. The Morgan fingerprint density at radius 2 is 2.12 bits per heavy atom. The summed E-state index contributed by atoms with van der Waals surface area (Å²) < 4.78 is 5.39. The topological polar surface area (TPSA) is 47.3 Å². The van der Waals surface area contributed by atoms with Gasteiger partial charge in [-0.15, -0.1) is 11.3 Å². The van der Waals surface area contributed by atoms with Crippen LogP contribution >= 0.6 is 11.3 Å². The summed E-state index contributed by atoms with van der Waals surface area (Å²) in [5.41, 5.74) is 4.35. The van der Waals surface area contributed by atoms with Gasteiger partial charge in [0.15, 0.2) is 0 Å².